The number of carboxylic acids is 1. The van der Waals surface area contributed by atoms with Gasteiger partial charge in [-0.05, 0) is 25.5 Å². The number of carbonyl (C=O) groups excluding carboxylic acids is 1. The number of H-pyrrole nitrogens is 1. The zero-order chi connectivity index (χ0) is 14.7. The summed E-state index contributed by atoms with van der Waals surface area (Å²) in [5.41, 5.74) is 0.950. The molecule has 2 rings (SSSR count). The van der Waals surface area contributed by atoms with Crippen LogP contribution in [0, 0.1) is 5.82 Å². The molecule has 3 N–H and O–H groups in total. The van der Waals surface area contributed by atoms with Crippen molar-refractivity contribution in [3.8, 4) is 0 Å². The van der Waals surface area contributed by atoms with Gasteiger partial charge in [0.25, 0.3) is 5.91 Å². The van der Waals surface area contributed by atoms with Crippen LogP contribution in [-0.4, -0.2) is 33.0 Å². The molecular weight excluding hydrogens is 265 g/mol. The Labute approximate surface area is 114 Å². The topological polar surface area (TPSA) is 95.1 Å². The number of aromatic amines is 1. The Morgan fingerprint density at radius 3 is 2.95 bits per heavy atom. The van der Waals surface area contributed by atoms with Crippen LogP contribution in [0.25, 0.3) is 11.0 Å². The second-order valence-electron chi connectivity index (χ2n) is 4.56. The number of nitrogens with zero attached hydrogens (tertiary/aromatic N) is 1. The summed E-state index contributed by atoms with van der Waals surface area (Å²) in [6.45, 7) is 1.70. The van der Waals surface area contributed by atoms with Gasteiger partial charge < -0.3 is 15.4 Å². The summed E-state index contributed by atoms with van der Waals surface area (Å²) < 4.78 is 13.4. The molecule has 20 heavy (non-hydrogen) atoms. The number of amides is 1. The number of carboxylic acid groups (broad SMARTS) is 1. The van der Waals surface area contributed by atoms with Crippen molar-refractivity contribution in [2.75, 3.05) is 0 Å². The van der Waals surface area contributed by atoms with Crippen molar-refractivity contribution in [1.82, 2.24) is 15.3 Å². The Balaban J connectivity index is 2.15. The van der Waals surface area contributed by atoms with Crippen molar-refractivity contribution in [2.24, 2.45) is 0 Å². The smallest absolute Gasteiger partial charge is 0.303 e. The molecule has 0 radical (unpaired) electrons. The molecule has 0 spiro atoms. The number of carbonyl (C=O) groups is 2. The fourth-order valence-corrected chi connectivity index (χ4v) is 1.90. The van der Waals surface area contributed by atoms with Gasteiger partial charge in [0.1, 0.15) is 11.3 Å². The molecule has 0 bridgehead atoms. The third-order valence-electron chi connectivity index (χ3n) is 2.90. The summed E-state index contributed by atoms with van der Waals surface area (Å²) in [7, 11) is 0. The standard InChI is InChI=1S/C13H14FN3O3/c1-7(2-3-11(18)19)17-13(20)9-4-8(14)5-10-12(9)16-6-15-10/h4-7H,2-3H2,1H3,(H,15,16)(H,17,20)(H,18,19). The predicted octanol–water partition coefficient (Wildman–Crippen LogP) is 1.69. The van der Waals surface area contributed by atoms with Gasteiger partial charge in [-0.1, -0.05) is 0 Å². The Morgan fingerprint density at radius 2 is 2.25 bits per heavy atom. The summed E-state index contributed by atoms with van der Waals surface area (Å²) in [6.07, 6.45) is 1.65. The number of benzene rings is 1. The first kappa shape index (κ1) is 14.0. The fourth-order valence-electron chi connectivity index (χ4n) is 1.90. The summed E-state index contributed by atoms with van der Waals surface area (Å²) in [6, 6.07) is 2.05. The molecule has 0 aliphatic rings. The fraction of sp³-hybridized carbons (Fsp3) is 0.308. The summed E-state index contributed by atoms with van der Waals surface area (Å²) >= 11 is 0. The third kappa shape index (κ3) is 3.11. The van der Waals surface area contributed by atoms with Gasteiger partial charge >= 0.3 is 5.97 Å². The number of hydrogen-bond acceptors (Lipinski definition) is 3. The Morgan fingerprint density at radius 1 is 1.50 bits per heavy atom. The van der Waals surface area contributed by atoms with E-state index in [0.717, 1.165) is 6.07 Å². The lowest BCUT2D eigenvalue weighted by molar-refractivity contribution is -0.137. The zero-order valence-electron chi connectivity index (χ0n) is 10.8. The van der Waals surface area contributed by atoms with E-state index in [-0.39, 0.29) is 18.0 Å². The van der Waals surface area contributed by atoms with Gasteiger partial charge in [0.2, 0.25) is 0 Å². The molecule has 1 aromatic carbocycles. The van der Waals surface area contributed by atoms with Crippen molar-refractivity contribution in [2.45, 2.75) is 25.8 Å². The van der Waals surface area contributed by atoms with Crippen molar-refractivity contribution < 1.29 is 19.1 Å². The van der Waals surface area contributed by atoms with Crippen LogP contribution in [0.1, 0.15) is 30.1 Å². The van der Waals surface area contributed by atoms with E-state index in [0.29, 0.717) is 17.5 Å². The average molecular weight is 279 g/mol. The number of imidazole rings is 1. The first-order valence-corrected chi connectivity index (χ1v) is 6.12. The van der Waals surface area contributed by atoms with Crippen LogP contribution in [0.15, 0.2) is 18.5 Å². The molecule has 0 aliphatic heterocycles. The number of fused-ring (bicyclic) bond motifs is 1. The minimum Gasteiger partial charge on any atom is -0.481 e. The number of aromatic nitrogens is 2. The molecule has 7 heteroatoms. The molecule has 0 aliphatic carbocycles. The van der Waals surface area contributed by atoms with Gasteiger partial charge in [0.05, 0.1) is 17.4 Å². The molecule has 0 fully saturated rings. The maximum atomic E-state index is 13.4. The Kier molecular flexibility index (Phi) is 3.97. The van der Waals surface area contributed by atoms with Gasteiger partial charge in [-0.3, -0.25) is 9.59 Å². The molecular formula is C13H14FN3O3. The van der Waals surface area contributed by atoms with Gasteiger partial charge in [-0.15, -0.1) is 0 Å². The van der Waals surface area contributed by atoms with Gasteiger partial charge in [0, 0.05) is 12.5 Å². The highest BCUT2D eigenvalue weighted by molar-refractivity contribution is 6.04. The molecule has 1 aromatic heterocycles. The molecule has 1 heterocycles. The van der Waals surface area contributed by atoms with Crippen molar-refractivity contribution in [1.29, 1.82) is 0 Å². The minimum atomic E-state index is -0.924. The maximum Gasteiger partial charge on any atom is 0.303 e. The molecule has 0 saturated carbocycles. The second kappa shape index (κ2) is 5.68. The van der Waals surface area contributed by atoms with Crippen LogP contribution in [0.2, 0.25) is 0 Å². The van der Waals surface area contributed by atoms with Gasteiger partial charge in [-0.2, -0.15) is 0 Å². The third-order valence-corrected chi connectivity index (χ3v) is 2.90. The van der Waals surface area contributed by atoms with E-state index < -0.39 is 17.7 Å². The van der Waals surface area contributed by atoms with Crippen LogP contribution in [-0.2, 0) is 4.79 Å². The number of rotatable bonds is 5. The van der Waals surface area contributed by atoms with E-state index in [9.17, 15) is 14.0 Å². The number of nitrogens with one attached hydrogen (secondary N) is 2. The van der Waals surface area contributed by atoms with E-state index in [1.807, 2.05) is 0 Å². The first-order chi connectivity index (χ1) is 9.47. The SMILES string of the molecule is CC(CCC(=O)O)NC(=O)c1cc(F)cc2[nH]cnc12. The number of halogens is 1. The molecule has 0 saturated heterocycles. The Hall–Kier alpha value is -2.44. The normalized spacial score (nSPS) is 12.3. The zero-order valence-corrected chi connectivity index (χ0v) is 10.8. The molecule has 1 atom stereocenters. The lowest BCUT2D eigenvalue weighted by Crippen LogP contribution is -2.33. The second-order valence-corrected chi connectivity index (χ2v) is 4.56. The van der Waals surface area contributed by atoms with E-state index in [1.54, 1.807) is 6.92 Å². The van der Waals surface area contributed by atoms with E-state index in [1.165, 1.54) is 12.4 Å². The predicted molar refractivity (Wildman–Crippen MR) is 69.8 cm³/mol. The van der Waals surface area contributed by atoms with Crippen LogP contribution < -0.4 is 5.32 Å². The first-order valence-electron chi connectivity index (χ1n) is 6.12. The number of hydrogen-bond donors (Lipinski definition) is 3. The molecule has 106 valence electrons. The highest BCUT2D eigenvalue weighted by Crippen LogP contribution is 2.17. The highest BCUT2D eigenvalue weighted by Gasteiger charge is 2.16. The molecule has 1 amide bonds. The summed E-state index contributed by atoms with van der Waals surface area (Å²) in [4.78, 5) is 29.3. The van der Waals surface area contributed by atoms with Gasteiger partial charge in [-0.25, -0.2) is 9.37 Å². The van der Waals surface area contributed by atoms with Crippen LogP contribution >= 0.6 is 0 Å². The van der Waals surface area contributed by atoms with E-state index in [4.69, 9.17) is 5.11 Å². The monoisotopic (exact) mass is 279 g/mol. The summed E-state index contributed by atoms with van der Waals surface area (Å²) in [5, 5.41) is 11.2. The highest BCUT2D eigenvalue weighted by atomic mass is 19.1. The van der Waals surface area contributed by atoms with E-state index in [2.05, 4.69) is 15.3 Å². The quantitative estimate of drug-likeness (QED) is 0.776. The minimum absolute atomic E-state index is 0.0393. The van der Waals surface area contributed by atoms with Crippen molar-refractivity contribution in [3.63, 3.8) is 0 Å². The van der Waals surface area contributed by atoms with Crippen molar-refractivity contribution >= 4 is 22.9 Å². The van der Waals surface area contributed by atoms with Crippen molar-refractivity contribution in [3.05, 3.63) is 29.8 Å². The van der Waals surface area contributed by atoms with Gasteiger partial charge in [0.15, 0.2) is 0 Å². The van der Waals surface area contributed by atoms with Crippen LogP contribution in [0.3, 0.4) is 0 Å². The molecule has 6 nitrogen and oxygen atoms in total. The lowest BCUT2D eigenvalue weighted by Gasteiger charge is -2.13. The molecule has 1 unspecified atom stereocenters. The maximum absolute atomic E-state index is 13.4. The van der Waals surface area contributed by atoms with E-state index >= 15 is 0 Å². The lowest BCUT2D eigenvalue weighted by atomic mass is 10.1. The number of aliphatic carboxylic acids is 1. The average Bonchev–Trinajstić information content (AvgIpc) is 2.83. The molecule has 2 aromatic rings. The van der Waals surface area contributed by atoms with Crippen LogP contribution in [0.5, 0.6) is 0 Å². The largest absolute Gasteiger partial charge is 0.481 e. The Bertz CT molecular complexity index is 653. The van der Waals surface area contributed by atoms with Crippen LogP contribution in [0.4, 0.5) is 4.39 Å². The summed E-state index contributed by atoms with van der Waals surface area (Å²) in [5.74, 6) is -1.93.